The minimum absolute atomic E-state index is 0.140. The van der Waals surface area contributed by atoms with Gasteiger partial charge >= 0.3 is 0 Å². The van der Waals surface area contributed by atoms with Crippen LogP contribution in [0.2, 0.25) is 0 Å². The second-order valence-electron chi connectivity index (χ2n) is 8.46. The van der Waals surface area contributed by atoms with Crippen LogP contribution < -0.4 is 10.6 Å². The van der Waals surface area contributed by atoms with Gasteiger partial charge in [0.25, 0.3) is 0 Å². The highest BCUT2D eigenvalue weighted by atomic mass is 32.2. The van der Waals surface area contributed by atoms with Crippen LogP contribution in [0, 0.1) is 5.92 Å². The number of rotatable bonds is 10. The van der Waals surface area contributed by atoms with Crippen molar-refractivity contribution in [3.63, 3.8) is 0 Å². The van der Waals surface area contributed by atoms with Crippen molar-refractivity contribution in [2.75, 3.05) is 11.9 Å². The molecule has 3 rings (SSSR count). The molecule has 1 aliphatic rings. The molecule has 7 nitrogen and oxygen atoms in total. The molecule has 0 unspecified atom stereocenters. The van der Waals surface area contributed by atoms with Gasteiger partial charge in [-0.15, -0.1) is 0 Å². The van der Waals surface area contributed by atoms with Gasteiger partial charge in [-0.2, -0.15) is 5.10 Å². The summed E-state index contributed by atoms with van der Waals surface area (Å²) in [4.78, 5) is 21.6. The first-order chi connectivity index (χ1) is 13.9. The fraction of sp³-hybridized carbons (Fsp3) is 0.714. The molecule has 2 N–H and O–H groups in total. The Hall–Kier alpha value is -1.83. The van der Waals surface area contributed by atoms with Gasteiger partial charge in [-0.1, -0.05) is 51.3 Å². The van der Waals surface area contributed by atoms with Crippen LogP contribution in [-0.4, -0.2) is 43.5 Å². The fourth-order valence-electron chi connectivity index (χ4n) is 3.77. The van der Waals surface area contributed by atoms with Crippen molar-refractivity contribution in [3.8, 4) is 0 Å². The smallest absolute Gasteiger partial charge is 0.220 e. The molecule has 0 bridgehead atoms. The molecular formula is C21H34N6OS. The third kappa shape index (κ3) is 6.32. The summed E-state index contributed by atoms with van der Waals surface area (Å²) in [6.45, 7) is 9.61. The minimum atomic E-state index is 0.140. The lowest BCUT2D eigenvalue weighted by atomic mass is 10.0. The summed E-state index contributed by atoms with van der Waals surface area (Å²) < 4.78 is 1.87. The van der Waals surface area contributed by atoms with Crippen LogP contribution in [0.1, 0.15) is 66.2 Å². The Morgan fingerprint density at radius 1 is 1.24 bits per heavy atom. The van der Waals surface area contributed by atoms with Crippen molar-refractivity contribution in [2.24, 2.45) is 5.92 Å². The number of hydrogen-bond acceptors (Lipinski definition) is 6. The molecular weight excluding hydrogens is 384 g/mol. The average Bonchev–Trinajstić information content (AvgIpc) is 3.29. The molecule has 2 heterocycles. The zero-order chi connectivity index (χ0) is 20.8. The van der Waals surface area contributed by atoms with Crippen molar-refractivity contribution in [2.45, 2.75) is 89.2 Å². The molecule has 0 atom stereocenters. The van der Waals surface area contributed by atoms with Crippen LogP contribution in [0.3, 0.4) is 0 Å². The van der Waals surface area contributed by atoms with E-state index in [0.717, 1.165) is 34.3 Å². The maximum absolute atomic E-state index is 12.2. The molecule has 0 saturated heterocycles. The van der Waals surface area contributed by atoms with Crippen LogP contribution in [0.25, 0.3) is 11.0 Å². The molecule has 1 saturated carbocycles. The Kier molecular flexibility index (Phi) is 7.75. The summed E-state index contributed by atoms with van der Waals surface area (Å²) in [6, 6.07) is 0.271. The zero-order valence-corrected chi connectivity index (χ0v) is 18.9. The van der Waals surface area contributed by atoms with Gasteiger partial charge < -0.3 is 10.6 Å². The first-order valence-corrected chi connectivity index (χ1v) is 11.7. The lowest BCUT2D eigenvalue weighted by molar-refractivity contribution is -0.121. The van der Waals surface area contributed by atoms with Crippen molar-refractivity contribution in [1.82, 2.24) is 25.1 Å². The molecule has 1 amide bonds. The molecule has 2 aromatic heterocycles. The molecule has 8 heteroatoms. The average molecular weight is 419 g/mol. The normalized spacial score (nSPS) is 15.0. The minimum Gasteiger partial charge on any atom is -0.367 e. The second-order valence-corrected chi connectivity index (χ2v) is 10.0. The van der Waals surface area contributed by atoms with Crippen molar-refractivity contribution >= 4 is 34.5 Å². The fourth-order valence-corrected chi connectivity index (χ4v) is 4.47. The van der Waals surface area contributed by atoms with E-state index in [4.69, 9.17) is 4.98 Å². The van der Waals surface area contributed by atoms with Crippen molar-refractivity contribution in [3.05, 3.63) is 6.20 Å². The Morgan fingerprint density at radius 3 is 2.69 bits per heavy atom. The van der Waals surface area contributed by atoms with Gasteiger partial charge in [0.2, 0.25) is 5.91 Å². The number of amides is 1. The number of fused-ring (bicyclic) bond motifs is 1. The molecule has 2 aromatic rings. The van der Waals surface area contributed by atoms with E-state index >= 15 is 0 Å². The van der Waals surface area contributed by atoms with Gasteiger partial charge in [0.1, 0.15) is 5.82 Å². The summed E-state index contributed by atoms with van der Waals surface area (Å²) in [5.74, 6) is 1.71. The number of carbonyl (C=O) groups is 1. The first-order valence-electron chi connectivity index (χ1n) is 10.9. The SMILES string of the molecule is CC(C)Nc1nc(SC(C)C)nc2c1cnn2CCNC(=O)CCC1CCCC1. The van der Waals surface area contributed by atoms with Crippen molar-refractivity contribution in [1.29, 1.82) is 0 Å². The van der Waals surface area contributed by atoms with Crippen LogP contribution in [0.5, 0.6) is 0 Å². The molecule has 0 aromatic carbocycles. The third-order valence-corrected chi connectivity index (χ3v) is 6.01. The number of aromatic nitrogens is 4. The Labute approximate surface area is 177 Å². The highest BCUT2D eigenvalue weighted by Gasteiger charge is 2.17. The first kappa shape index (κ1) is 21.9. The second kappa shape index (κ2) is 10.3. The molecule has 160 valence electrons. The molecule has 1 fully saturated rings. The lowest BCUT2D eigenvalue weighted by Crippen LogP contribution is -2.27. The number of carbonyl (C=O) groups excluding carboxylic acids is 1. The number of nitrogens with zero attached hydrogens (tertiary/aromatic N) is 4. The van der Waals surface area contributed by atoms with Crippen molar-refractivity contribution < 1.29 is 4.79 Å². The standard InChI is InChI=1S/C21H34N6OS/c1-14(2)24-19-17-13-23-27(20(17)26-21(25-19)29-15(3)4)12-11-22-18(28)10-9-16-7-5-6-8-16/h13-16H,5-12H2,1-4H3,(H,22,28)(H,24,25,26). The monoisotopic (exact) mass is 418 g/mol. The summed E-state index contributed by atoms with van der Waals surface area (Å²) in [5.41, 5.74) is 0.812. The molecule has 0 radical (unpaired) electrons. The molecule has 1 aliphatic carbocycles. The predicted molar refractivity (Wildman–Crippen MR) is 119 cm³/mol. The number of hydrogen-bond donors (Lipinski definition) is 2. The van der Waals surface area contributed by atoms with E-state index in [9.17, 15) is 4.79 Å². The van der Waals surface area contributed by atoms with Gasteiger partial charge in [-0.25, -0.2) is 14.6 Å². The van der Waals surface area contributed by atoms with Crippen LogP contribution >= 0.6 is 11.8 Å². The zero-order valence-electron chi connectivity index (χ0n) is 18.1. The largest absolute Gasteiger partial charge is 0.367 e. The quantitative estimate of drug-likeness (QED) is 0.444. The van der Waals surface area contributed by atoms with Gasteiger partial charge in [0.05, 0.1) is 18.1 Å². The highest BCUT2D eigenvalue weighted by molar-refractivity contribution is 7.99. The van der Waals surface area contributed by atoms with E-state index in [1.807, 2.05) is 10.9 Å². The Bertz CT molecular complexity index is 813. The summed E-state index contributed by atoms with van der Waals surface area (Å²) in [7, 11) is 0. The lowest BCUT2D eigenvalue weighted by Gasteiger charge is -2.13. The number of nitrogens with one attached hydrogen (secondary N) is 2. The van der Waals surface area contributed by atoms with Crippen LogP contribution in [0.4, 0.5) is 5.82 Å². The maximum atomic E-state index is 12.2. The predicted octanol–water partition coefficient (Wildman–Crippen LogP) is 4.23. The van der Waals surface area contributed by atoms with Crippen LogP contribution in [0.15, 0.2) is 11.4 Å². The maximum Gasteiger partial charge on any atom is 0.220 e. The topological polar surface area (TPSA) is 84.7 Å². The molecule has 0 aliphatic heterocycles. The summed E-state index contributed by atoms with van der Waals surface area (Å²) >= 11 is 1.64. The van der Waals surface area contributed by atoms with E-state index in [1.165, 1.54) is 25.7 Å². The summed E-state index contributed by atoms with van der Waals surface area (Å²) in [6.07, 6.45) is 8.68. The van der Waals surface area contributed by atoms with Gasteiger partial charge in [-0.05, 0) is 26.2 Å². The summed E-state index contributed by atoms with van der Waals surface area (Å²) in [5, 5.41) is 13.0. The Morgan fingerprint density at radius 2 is 2.00 bits per heavy atom. The van der Waals surface area contributed by atoms with E-state index < -0.39 is 0 Å². The molecule has 29 heavy (non-hydrogen) atoms. The Balaban J connectivity index is 1.63. The van der Waals surface area contributed by atoms with E-state index in [0.29, 0.717) is 24.8 Å². The highest BCUT2D eigenvalue weighted by Crippen LogP contribution is 2.28. The molecule has 0 spiro atoms. The van der Waals surface area contributed by atoms with Gasteiger partial charge in [0, 0.05) is 24.3 Å². The van der Waals surface area contributed by atoms with E-state index in [1.54, 1.807) is 11.8 Å². The third-order valence-electron chi connectivity index (χ3n) is 5.14. The van der Waals surface area contributed by atoms with Gasteiger partial charge in [-0.3, -0.25) is 4.79 Å². The van der Waals surface area contributed by atoms with E-state index in [-0.39, 0.29) is 11.9 Å². The number of thioether (sulfide) groups is 1. The van der Waals surface area contributed by atoms with E-state index in [2.05, 4.69) is 48.4 Å². The van der Waals surface area contributed by atoms with Gasteiger partial charge in [0.15, 0.2) is 10.8 Å². The van der Waals surface area contributed by atoms with Crippen LogP contribution in [-0.2, 0) is 11.3 Å². The number of anilines is 1.